The van der Waals surface area contributed by atoms with Gasteiger partial charge in [0.05, 0.1) is 0 Å². The van der Waals surface area contributed by atoms with E-state index in [1.807, 2.05) is 19.4 Å². The summed E-state index contributed by atoms with van der Waals surface area (Å²) in [5, 5.41) is 0. The number of allylic oxidation sites excluding steroid dienone is 2. The van der Waals surface area contributed by atoms with Gasteiger partial charge in [0.2, 0.25) is 0 Å². The van der Waals surface area contributed by atoms with Gasteiger partial charge in [-0.1, -0.05) is 59.6 Å². The molecule has 0 spiro atoms. The summed E-state index contributed by atoms with van der Waals surface area (Å²) >= 11 is 0. The number of fused-ring (bicyclic) bond motifs is 4. The number of hydrogen-bond acceptors (Lipinski definition) is 3. The molecule has 3 heteroatoms. The Balaban J connectivity index is 1.56. The molecular formula is C31H50O3. The third-order valence-corrected chi connectivity index (χ3v) is 11.4. The molecule has 3 nitrogen and oxygen atoms in total. The minimum Gasteiger partial charge on any atom is -0.462 e. The highest BCUT2D eigenvalue weighted by Gasteiger charge is 2.59. The lowest BCUT2D eigenvalue weighted by Crippen LogP contribution is -2.54. The number of hydrogen-bond donors (Lipinski definition) is 0. The maximum Gasteiger partial charge on any atom is 0.302 e. The normalized spacial score (nSPS) is 39.8. The molecule has 4 aliphatic rings. The lowest BCUT2D eigenvalue weighted by Gasteiger charge is -2.60. The summed E-state index contributed by atoms with van der Waals surface area (Å²) in [7, 11) is 0. The molecule has 0 N–H and O–H groups in total. The van der Waals surface area contributed by atoms with E-state index >= 15 is 0 Å². The lowest BCUT2D eigenvalue weighted by atomic mass is 9.45. The van der Waals surface area contributed by atoms with Crippen molar-refractivity contribution in [2.75, 3.05) is 0 Å². The molecule has 34 heavy (non-hydrogen) atoms. The van der Waals surface area contributed by atoms with Crippen LogP contribution in [0.1, 0.15) is 120 Å². The largest absolute Gasteiger partial charge is 0.462 e. The molecule has 7 atom stereocenters. The second kappa shape index (κ2) is 9.07. The Morgan fingerprint density at radius 3 is 2.32 bits per heavy atom. The predicted octanol–water partition coefficient (Wildman–Crippen LogP) is 7.92. The summed E-state index contributed by atoms with van der Waals surface area (Å²) in [6.45, 7) is 17.9. The average Bonchev–Trinajstić information content (AvgIpc) is 3.11. The Kier molecular flexibility index (Phi) is 6.93. The van der Waals surface area contributed by atoms with Gasteiger partial charge in [-0.05, 0) is 92.3 Å². The molecule has 192 valence electrons. The molecule has 4 rings (SSSR count). The van der Waals surface area contributed by atoms with Crippen LogP contribution in [0.5, 0.6) is 0 Å². The Morgan fingerprint density at radius 2 is 1.68 bits per heavy atom. The standard InChI is InChI=1S/C31H50O3/c1-19(2)26(33)13-9-20(3)23-11-12-24-22-10-14-27-29(5,6)28(34-21(4)32)16-18-31(27,8)25(22)15-17-30(23,24)7/h19-20,23-24,27-28H,9-18H2,1-8H3/t20-,23-,24+,27+,28+,30-,31-/m1/s1. The van der Waals surface area contributed by atoms with Gasteiger partial charge in [-0.15, -0.1) is 0 Å². The Morgan fingerprint density at radius 1 is 0.971 bits per heavy atom. The zero-order valence-electron chi connectivity index (χ0n) is 23.3. The fourth-order valence-corrected chi connectivity index (χ4v) is 9.52. The van der Waals surface area contributed by atoms with Gasteiger partial charge in [0.15, 0.2) is 0 Å². The van der Waals surface area contributed by atoms with Gasteiger partial charge in [-0.3, -0.25) is 9.59 Å². The monoisotopic (exact) mass is 470 g/mol. The van der Waals surface area contributed by atoms with E-state index < -0.39 is 0 Å². The molecule has 0 radical (unpaired) electrons. The zero-order chi connectivity index (χ0) is 25.1. The van der Waals surface area contributed by atoms with Gasteiger partial charge in [0.1, 0.15) is 11.9 Å². The van der Waals surface area contributed by atoms with Crippen LogP contribution in [0.3, 0.4) is 0 Å². The highest BCUT2D eigenvalue weighted by atomic mass is 16.5. The maximum absolute atomic E-state index is 12.3. The third kappa shape index (κ3) is 4.11. The van der Waals surface area contributed by atoms with Gasteiger partial charge in [-0.2, -0.15) is 0 Å². The summed E-state index contributed by atoms with van der Waals surface area (Å²) in [6, 6.07) is 0. The molecule has 2 saturated carbocycles. The number of esters is 1. The van der Waals surface area contributed by atoms with Gasteiger partial charge < -0.3 is 4.74 Å². The van der Waals surface area contributed by atoms with Crippen LogP contribution in [-0.4, -0.2) is 17.9 Å². The van der Waals surface area contributed by atoms with Crippen LogP contribution in [0.25, 0.3) is 0 Å². The Bertz CT molecular complexity index is 851. The SMILES string of the molecule is CC(=O)O[C@H]1CC[C@]2(C)C3=C(CC[C@H]2C1(C)C)[C@@H]1CC[C@H]([C@H](C)CCC(=O)C(C)C)[C@@]1(C)CC3. The predicted molar refractivity (Wildman–Crippen MR) is 138 cm³/mol. The molecule has 0 aromatic heterocycles. The van der Waals surface area contributed by atoms with Crippen molar-refractivity contribution >= 4 is 11.8 Å². The van der Waals surface area contributed by atoms with Crippen molar-refractivity contribution in [3.63, 3.8) is 0 Å². The quantitative estimate of drug-likeness (QED) is 0.292. The van der Waals surface area contributed by atoms with E-state index in [1.165, 1.54) is 38.5 Å². The summed E-state index contributed by atoms with van der Waals surface area (Å²) in [6.07, 6.45) is 11.7. The molecule has 0 bridgehead atoms. The first-order chi connectivity index (χ1) is 15.8. The Hall–Kier alpha value is -1.12. The van der Waals surface area contributed by atoms with E-state index in [4.69, 9.17) is 4.74 Å². The number of rotatable bonds is 6. The molecular weight excluding hydrogens is 420 g/mol. The second-order valence-corrected chi connectivity index (χ2v) is 13.8. The van der Waals surface area contributed by atoms with Crippen LogP contribution in [0.15, 0.2) is 11.1 Å². The lowest BCUT2D eigenvalue weighted by molar-refractivity contribution is -0.167. The van der Waals surface area contributed by atoms with Crippen molar-refractivity contribution in [2.45, 2.75) is 126 Å². The van der Waals surface area contributed by atoms with Gasteiger partial charge in [0, 0.05) is 24.7 Å². The molecule has 0 saturated heterocycles. The molecule has 0 aliphatic heterocycles. The van der Waals surface area contributed by atoms with Gasteiger partial charge in [-0.25, -0.2) is 0 Å². The van der Waals surface area contributed by atoms with Crippen LogP contribution in [-0.2, 0) is 14.3 Å². The topological polar surface area (TPSA) is 43.4 Å². The van der Waals surface area contributed by atoms with Crippen molar-refractivity contribution < 1.29 is 14.3 Å². The second-order valence-electron chi connectivity index (χ2n) is 13.8. The van der Waals surface area contributed by atoms with Crippen molar-refractivity contribution in [1.29, 1.82) is 0 Å². The molecule has 0 amide bonds. The third-order valence-electron chi connectivity index (χ3n) is 11.4. The number of ether oxygens (including phenoxy) is 1. The van der Waals surface area contributed by atoms with Crippen molar-refractivity contribution in [1.82, 2.24) is 0 Å². The van der Waals surface area contributed by atoms with E-state index in [1.54, 1.807) is 12.5 Å². The minimum atomic E-state index is -0.132. The highest BCUT2D eigenvalue weighted by Crippen LogP contribution is 2.68. The molecule has 0 aromatic rings. The average molecular weight is 471 g/mol. The van der Waals surface area contributed by atoms with E-state index in [9.17, 15) is 9.59 Å². The number of Topliss-reactive ketones (excluding diaryl/α,β-unsaturated/α-hetero) is 1. The van der Waals surface area contributed by atoms with E-state index in [2.05, 4.69) is 34.6 Å². The molecule has 0 aromatic carbocycles. The van der Waals surface area contributed by atoms with Gasteiger partial charge >= 0.3 is 5.97 Å². The minimum absolute atomic E-state index is 0.0215. The molecule has 4 aliphatic carbocycles. The number of ketones is 1. The summed E-state index contributed by atoms with van der Waals surface area (Å²) in [5.41, 5.74) is 4.29. The fourth-order valence-electron chi connectivity index (χ4n) is 9.52. The first kappa shape index (κ1) is 26.0. The summed E-state index contributed by atoms with van der Waals surface area (Å²) < 4.78 is 5.84. The van der Waals surface area contributed by atoms with E-state index in [-0.39, 0.29) is 28.8 Å². The van der Waals surface area contributed by atoms with E-state index in [0.717, 1.165) is 37.5 Å². The molecule has 0 unspecified atom stereocenters. The number of carbonyl (C=O) groups excluding carboxylic acids is 2. The zero-order valence-corrected chi connectivity index (χ0v) is 23.3. The molecule has 0 heterocycles. The van der Waals surface area contributed by atoms with Crippen molar-refractivity contribution in [3.05, 3.63) is 11.1 Å². The van der Waals surface area contributed by atoms with Crippen LogP contribution in [0.2, 0.25) is 0 Å². The van der Waals surface area contributed by atoms with Crippen molar-refractivity contribution in [3.8, 4) is 0 Å². The summed E-state index contributed by atoms with van der Waals surface area (Å²) in [4.78, 5) is 24.1. The van der Waals surface area contributed by atoms with Crippen LogP contribution in [0, 0.1) is 45.8 Å². The van der Waals surface area contributed by atoms with Crippen LogP contribution < -0.4 is 0 Å². The molecule has 2 fully saturated rings. The van der Waals surface area contributed by atoms with Crippen LogP contribution in [0.4, 0.5) is 0 Å². The first-order valence-electron chi connectivity index (χ1n) is 14.2. The first-order valence-corrected chi connectivity index (χ1v) is 14.2. The summed E-state index contributed by atoms with van der Waals surface area (Å²) in [5.74, 6) is 3.15. The Labute approximate surface area is 208 Å². The highest BCUT2D eigenvalue weighted by molar-refractivity contribution is 5.80. The fraction of sp³-hybridized carbons (Fsp3) is 0.871. The van der Waals surface area contributed by atoms with E-state index in [0.29, 0.717) is 23.0 Å². The van der Waals surface area contributed by atoms with Crippen LogP contribution >= 0.6 is 0 Å². The van der Waals surface area contributed by atoms with Gasteiger partial charge in [0.25, 0.3) is 0 Å². The maximum atomic E-state index is 12.3. The number of carbonyl (C=O) groups is 2. The van der Waals surface area contributed by atoms with Crippen molar-refractivity contribution in [2.24, 2.45) is 45.8 Å². The smallest absolute Gasteiger partial charge is 0.302 e.